The fraction of sp³-hybridized carbons (Fsp3) is 0.409. The van der Waals surface area contributed by atoms with Gasteiger partial charge in [0.25, 0.3) is 0 Å². The van der Waals surface area contributed by atoms with Crippen LogP contribution in [0.4, 0.5) is 14.6 Å². The topological polar surface area (TPSA) is 70.7 Å². The standard InChI is InChI=1S/C22H24F2N4O2/c1-2-14(13-29)10-20(30)17-12-25-28-9-7-21(26-22(17)28)27-8-3-4-19(27)16-11-15(23)5-6-18(16)24/h5-7,9,11-12,14,19,29H,2-4,8,10,13H2,1H3/t14-,19-/m1/s1. The molecule has 0 amide bonds. The molecule has 3 heterocycles. The zero-order valence-corrected chi connectivity index (χ0v) is 16.8. The molecule has 0 unspecified atom stereocenters. The van der Waals surface area contributed by atoms with Crippen LogP contribution in [0.2, 0.25) is 0 Å². The minimum absolute atomic E-state index is 0.0468. The van der Waals surface area contributed by atoms with E-state index >= 15 is 0 Å². The molecule has 1 aromatic carbocycles. The molecule has 158 valence electrons. The number of aromatic nitrogens is 3. The molecule has 0 saturated carbocycles. The van der Waals surface area contributed by atoms with Gasteiger partial charge in [-0.25, -0.2) is 18.3 Å². The summed E-state index contributed by atoms with van der Waals surface area (Å²) in [4.78, 5) is 19.3. The highest BCUT2D eigenvalue weighted by Crippen LogP contribution is 2.37. The molecule has 2 atom stereocenters. The van der Waals surface area contributed by atoms with Crippen molar-refractivity contribution in [3.8, 4) is 0 Å². The third kappa shape index (κ3) is 3.79. The molecule has 4 rings (SSSR count). The second-order valence-corrected chi connectivity index (χ2v) is 7.71. The van der Waals surface area contributed by atoms with Crippen molar-refractivity contribution in [1.29, 1.82) is 0 Å². The Balaban J connectivity index is 1.67. The number of hydrogen-bond donors (Lipinski definition) is 1. The number of Topliss-reactive ketones (excluding diaryl/α,β-unsaturated/α-hetero) is 1. The van der Waals surface area contributed by atoms with Crippen LogP contribution in [0, 0.1) is 17.6 Å². The van der Waals surface area contributed by atoms with E-state index in [2.05, 4.69) is 10.1 Å². The van der Waals surface area contributed by atoms with Crippen LogP contribution in [-0.4, -0.2) is 38.6 Å². The third-order valence-corrected chi connectivity index (χ3v) is 5.83. The van der Waals surface area contributed by atoms with Crippen LogP contribution in [0.1, 0.15) is 54.6 Å². The van der Waals surface area contributed by atoms with E-state index in [4.69, 9.17) is 0 Å². The fourth-order valence-electron chi connectivity index (χ4n) is 4.06. The number of rotatable bonds is 7. The van der Waals surface area contributed by atoms with Gasteiger partial charge in [0, 0.05) is 31.3 Å². The van der Waals surface area contributed by atoms with E-state index in [9.17, 15) is 18.7 Å². The molecule has 30 heavy (non-hydrogen) atoms. The lowest BCUT2D eigenvalue weighted by Gasteiger charge is -2.26. The number of aliphatic hydroxyl groups excluding tert-OH is 1. The normalized spacial score (nSPS) is 17.6. The smallest absolute Gasteiger partial charge is 0.168 e. The number of hydrogen-bond acceptors (Lipinski definition) is 5. The van der Waals surface area contributed by atoms with Gasteiger partial charge in [-0.1, -0.05) is 13.3 Å². The van der Waals surface area contributed by atoms with Crippen LogP contribution in [0.5, 0.6) is 0 Å². The summed E-state index contributed by atoms with van der Waals surface area (Å²) in [5, 5.41) is 13.6. The van der Waals surface area contributed by atoms with Crippen LogP contribution in [0.3, 0.4) is 0 Å². The first-order chi connectivity index (χ1) is 14.5. The summed E-state index contributed by atoms with van der Waals surface area (Å²) in [6, 6.07) is 4.95. The van der Waals surface area contributed by atoms with Gasteiger partial charge >= 0.3 is 0 Å². The van der Waals surface area contributed by atoms with Gasteiger partial charge in [0.1, 0.15) is 17.5 Å². The van der Waals surface area contributed by atoms with E-state index in [-0.39, 0.29) is 30.8 Å². The van der Waals surface area contributed by atoms with Crippen molar-refractivity contribution >= 4 is 17.2 Å². The van der Waals surface area contributed by atoms with Crippen LogP contribution in [0.15, 0.2) is 36.7 Å². The number of fused-ring (bicyclic) bond motifs is 1. The predicted molar refractivity (Wildman–Crippen MR) is 108 cm³/mol. The van der Waals surface area contributed by atoms with Crippen LogP contribution >= 0.6 is 0 Å². The molecule has 1 fully saturated rings. The van der Waals surface area contributed by atoms with Crippen molar-refractivity contribution in [1.82, 2.24) is 14.6 Å². The van der Waals surface area contributed by atoms with E-state index < -0.39 is 11.6 Å². The molecule has 1 aliphatic heterocycles. The molecule has 2 aromatic heterocycles. The second-order valence-electron chi connectivity index (χ2n) is 7.71. The minimum atomic E-state index is -0.473. The van der Waals surface area contributed by atoms with Crippen LogP contribution in [0.25, 0.3) is 5.65 Å². The monoisotopic (exact) mass is 414 g/mol. The largest absolute Gasteiger partial charge is 0.396 e. The van der Waals surface area contributed by atoms with Crippen molar-refractivity contribution in [2.45, 2.75) is 38.6 Å². The Labute approximate surface area is 173 Å². The number of nitrogens with zero attached hydrogens (tertiary/aromatic N) is 4. The maximum Gasteiger partial charge on any atom is 0.168 e. The zero-order chi connectivity index (χ0) is 21.3. The second kappa shape index (κ2) is 8.47. The summed E-state index contributed by atoms with van der Waals surface area (Å²) in [6.45, 7) is 2.54. The lowest BCUT2D eigenvalue weighted by atomic mass is 9.98. The Kier molecular flexibility index (Phi) is 5.76. The maximum atomic E-state index is 14.4. The predicted octanol–water partition coefficient (Wildman–Crippen LogP) is 3.94. The fourth-order valence-corrected chi connectivity index (χ4v) is 4.06. The first-order valence-electron chi connectivity index (χ1n) is 10.2. The van der Waals surface area contributed by atoms with Crippen LogP contribution in [-0.2, 0) is 0 Å². The van der Waals surface area contributed by atoms with Crippen molar-refractivity contribution in [3.05, 3.63) is 59.4 Å². The van der Waals surface area contributed by atoms with Crippen molar-refractivity contribution in [3.63, 3.8) is 0 Å². The molecular weight excluding hydrogens is 390 g/mol. The van der Waals surface area contributed by atoms with E-state index in [0.29, 0.717) is 42.0 Å². The van der Waals surface area contributed by atoms with E-state index in [1.807, 2.05) is 11.8 Å². The van der Waals surface area contributed by atoms with Crippen LogP contribution < -0.4 is 4.90 Å². The molecule has 6 nitrogen and oxygen atoms in total. The lowest BCUT2D eigenvalue weighted by molar-refractivity contribution is 0.0935. The Morgan fingerprint density at radius 3 is 2.93 bits per heavy atom. The van der Waals surface area contributed by atoms with E-state index in [1.54, 1.807) is 12.3 Å². The van der Waals surface area contributed by atoms with Gasteiger partial charge in [0.15, 0.2) is 11.4 Å². The summed E-state index contributed by atoms with van der Waals surface area (Å²) in [5.41, 5.74) is 1.14. The minimum Gasteiger partial charge on any atom is -0.396 e. The van der Waals surface area contributed by atoms with Gasteiger partial charge in [-0.2, -0.15) is 5.10 Å². The van der Waals surface area contributed by atoms with Crippen molar-refractivity contribution < 1.29 is 18.7 Å². The highest BCUT2D eigenvalue weighted by molar-refractivity contribution is 6.01. The Bertz CT molecular complexity index is 1060. The average molecular weight is 414 g/mol. The number of halogens is 2. The van der Waals surface area contributed by atoms with Crippen molar-refractivity contribution in [2.75, 3.05) is 18.1 Å². The molecule has 0 spiro atoms. The lowest BCUT2D eigenvalue weighted by Crippen LogP contribution is -2.24. The Morgan fingerprint density at radius 1 is 1.33 bits per heavy atom. The SMILES string of the molecule is CC[C@@H](CO)CC(=O)c1cnn2ccc(N3CCC[C@@H]3c3cc(F)ccc3F)nc12. The summed E-state index contributed by atoms with van der Waals surface area (Å²) >= 11 is 0. The summed E-state index contributed by atoms with van der Waals surface area (Å²) in [5.74, 6) is -0.541. The third-order valence-electron chi connectivity index (χ3n) is 5.83. The zero-order valence-electron chi connectivity index (χ0n) is 16.8. The first-order valence-corrected chi connectivity index (χ1v) is 10.2. The number of ketones is 1. The molecule has 1 aliphatic rings. The molecule has 0 radical (unpaired) electrons. The Hall–Kier alpha value is -2.87. The summed E-state index contributed by atoms with van der Waals surface area (Å²) in [6.07, 6.45) is 5.65. The average Bonchev–Trinajstić information content (AvgIpc) is 3.40. The van der Waals surface area contributed by atoms with Gasteiger partial charge in [-0.05, 0) is 43.0 Å². The number of anilines is 1. The highest BCUT2D eigenvalue weighted by atomic mass is 19.1. The van der Waals surface area contributed by atoms with Gasteiger partial charge in [-0.15, -0.1) is 0 Å². The van der Waals surface area contributed by atoms with Gasteiger partial charge in [0.2, 0.25) is 0 Å². The van der Waals surface area contributed by atoms with Gasteiger partial charge in [-0.3, -0.25) is 4.79 Å². The first kappa shape index (κ1) is 20.4. The molecule has 8 heteroatoms. The quantitative estimate of drug-likeness (QED) is 0.593. The van der Waals surface area contributed by atoms with E-state index in [0.717, 1.165) is 18.6 Å². The van der Waals surface area contributed by atoms with E-state index in [1.165, 1.54) is 16.8 Å². The number of aliphatic hydroxyl groups is 1. The summed E-state index contributed by atoms with van der Waals surface area (Å²) in [7, 11) is 0. The molecule has 3 aromatic rings. The Morgan fingerprint density at radius 2 is 2.17 bits per heavy atom. The van der Waals surface area contributed by atoms with Crippen molar-refractivity contribution in [2.24, 2.45) is 5.92 Å². The summed E-state index contributed by atoms with van der Waals surface area (Å²) < 4.78 is 29.6. The number of carbonyl (C=O) groups excluding carboxylic acids is 1. The molecule has 1 saturated heterocycles. The molecule has 0 aliphatic carbocycles. The highest BCUT2D eigenvalue weighted by Gasteiger charge is 2.30. The van der Waals surface area contributed by atoms with Gasteiger partial charge in [0.05, 0.1) is 17.8 Å². The number of carbonyl (C=O) groups is 1. The van der Waals surface area contributed by atoms with Gasteiger partial charge < -0.3 is 10.0 Å². The molecule has 0 bridgehead atoms. The number of benzene rings is 1. The maximum absolute atomic E-state index is 14.4. The molecule has 1 N–H and O–H groups in total. The molecular formula is C22H24F2N4O2.